The van der Waals surface area contributed by atoms with Gasteiger partial charge in [0.25, 0.3) is 6.34 Å². The Hall–Kier alpha value is -0.860. The number of aliphatic imine (C=N–C) groups is 1. The van der Waals surface area contributed by atoms with Crippen LogP contribution in [0.3, 0.4) is 0 Å². The van der Waals surface area contributed by atoms with Gasteiger partial charge in [0, 0.05) is 0 Å². The monoisotopic (exact) mass is 84.0 g/mol. The zero-order valence-corrected chi connectivity index (χ0v) is 3.16. The molecule has 0 spiro atoms. The summed E-state index contributed by atoms with van der Waals surface area (Å²) >= 11 is 0. The van der Waals surface area contributed by atoms with Gasteiger partial charge in [0.2, 0.25) is 0 Å². The van der Waals surface area contributed by atoms with E-state index in [9.17, 15) is 5.21 Å². The van der Waals surface area contributed by atoms with Gasteiger partial charge in [-0.15, -0.1) is 0 Å². The number of hydroxylamine groups is 1. The van der Waals surface area contributed by atoms with Crippen LogP contribution in [-0.4, -0.2) is 23.8 Å². The third kappa shape index (κ3) is 0.381. The zero-order chi connectivity index (χ0) is 4.41. The normalized spacial score (nSPS) is 18.3. The van der Waals surface area contributed by atoms with Crippen LogP contribution in [0.25, 0.3) is 0 Å². The van der Waals surface area contributed by atoms with Crippen LogP contribution in [0.15, 0.2) is 4.99 Å². The summed E-state index contributed by atoms with van der Waals surface area (Å²) in [4.78, 5) is 3.60. The van der Waals surface area contributed by atoms with Crippen molar-refractivity contribution in [2.24, 2.45) is 4.99 Å². The zero-order valence-electron chi connectivity index (χ0n) is 3.16. The van der Waals surface area contributed by atoms with Crippen LogP contribution in [0.4, 0.5) is 0 Å². The molecule has 3 nitrogen and oxygen atoms in total. The molecule has 0 atom stereocenters. The van der Waals surface area contributed by atoms with Crippen LogP contribution < -0.4 is 0 Å². The topological polar surface area (TPSA) is 38.4 Å². The molecule has 0 aromatic carbocycles. The highest BCUT2D eigenvalue weighted by atomic mass is 16.5. The molecular formula is C3H4N2O. The van der Waals surface area contributed by atoms with Crippen LogP contribution in [-0.2, 0) is 0 Å². The molecule has 1 heterocycles. The molecule has 32 valence electrons. The van der Waals surface area contributed by atoms with Crippen LogP contribution in [0, 0.1) is 5.21 Å². The molecule has 0 aliphatic carbocycles. The second-order valence-corrected chi connectivity index (χ2v) is 1.02. The summed E-state index contributed by atoms with van der Waals surface area (Å²) in [7, 11) is 0. The summed E-state index contributed by atoms with van der Waals surface area (Å²) in [6.07, 6.45) is 2.71. The summed E-state index contributed by atoms with van der Waals surface area (Å²) < 4.78 is 0.694. The number of hydrogen-bond acceptors (Lipinski definition) is 2. The molecule has 0 N–H and O–H groups in total. The molecule has 0 aromatic heterocycles. The maximum absolute atomic E-state index is 9.95. The van der Waals surface area contributed by atoms with E-state index in [-0.39, 0.29) is 0 Å². The maximum Gasteiger partial charge on any atom is 0.283 e. The largest absolute Gasteiger partial charge is 0.711 e. The predicted octanol–water partition coefficient (Wildman–Crippen LogP) is -0.391. The molecule has 1 aliphatic heterocycles. The Morgan fingerprint density at radius 3 is 2.83 bits per heavy atom. The van der Waals surface area contributed by atoms with Crippen molar-refractivity contribution in [3.05, 3.63) is 5.21 Å². The summed E-state index contributed by atoms with van der Waals surface area (Å²) in [5, 5.41) is 9.95. The first-order valence-electron chi connectivity index (χ1n) is 1.68. The lowest BCUT2D eigenvalue weighted by atomic mass is 10.8. The van der Waals surface area contributed by atoms with E-state index in [1.807, 2.05) is 0 Å². The molecule has 0 amide bonds. The molecule has 1 aliphatic rings. The van der Waals surface area contributed by atoms with Gasteiger partial charge in [-0.25, -0.2) is 4.74 Å². The highest BCUT2D eigenvalue weighted by Gasteiger charge is 1.91. The quantitative estimate of drug-likeness (QED) is 0.291. The molecule has 0 radical (unpaired) electrons. The highest BCUT2D eigenvalue weighted by Crippen LogP contribution is 1.72. The molecule has 0 fully saturated rings. The van der Waals surface area contributed by atoms with Crippen molar-refractivity contribution in [2.75, 3.05) is 6.54 Å². The van der Waals surface area contributed by atoms with Crippen molar-refractivity contribution in [1.29, 1.82) is 0 Å². The van der Waals surface area contributed by atoms with Gasteiger partial charge in [-0.2, -0.15) is 0 Å². The van der Waals surface area contributed by atoms with Crippen LogP contribution >= 0.6 is 0 Å². The van der Waals surface area contributed by atoms with E-state index in [1.54, 1.807) is 0 Å². The van der Waals surface area contributed by atoms with Crippen molar-refractivity contribution in [1.82, 2.24) is 0 Å². The molecule has 0 saturated carbocycles. The smallest absolute Gasteiger partial charge is 0.283 e. The molecule has 1 rings (SSSR count). The van der Waals surface area contributed by atoms with Gasteiger partial charge >= 0.3 is 0 Å². The Bertz CT molecular complexity index is 103. The molecular weight excluding hydrogens is 80.0 g/mol. The van der Waals surface area contributed by atoms with Crippen molar-refractivity contribution >= 4 is 12.6 Å². The Morgan fingerprint density at radius 1 is 1.83 bits per heavy atom. The summed E-state index contributed by atoms with van der Waals surface area (Å²) in [6, 6.07) is 0. The average Bonchev–Trinajstić information content (AvgIpc) is 1.86. The second kappa shape index (κ2) is 1.08. The lowest BCUT2D eigenvalue weighted by Crippen LogP contribution is -1.93. The van der Waals surface area contributed by atoms with E-state index in [0.29, 0.717) is 11.3 Å². The molecule has 0 unspecified atom stereocenters. The lowest BCUT2D eigenvalue weighted by molar-refractivity contribution is -0.304. The first-order chi connectivity index (χ1) is 2.89. The van der Waals surface area contributed by atoms with E-state index >= 15 is 0 Å². The van der Waals surface area contributed by atoms with E-state index in [4.69, 9.17) is 0 Å². The SMILES string of the molecule is [O-][N+]1=CCN=C1. The van der Waals surface area contributed by atoms with E-state index in [2.05, 4.69) is 4.99 Å². The summed E-state index contributed by atoms with van der Waals surface area (Å²) in [5.74, 6) is 0. The fourth-order valence-electron chi connectivity index (χ4n) is 0.302. The molecule has 0 aromatic rings. The Morgan fingerprint density at radius 2 is 2.67 bits per heavy atom. The van der Waals surface area contributed by atoms with Gasteiger partial charge in [0.15, 0.2) is 6.54 Å². The summed E-state index contributed by atoms with van der Waals surface area (Å²) in [6.45, 7) is 0.545. The van der Waals surface area contributed by atoms with Gasteiger partial charge in [0.05, 0.1) is 0 Å². The van der Waals surface area contributed by atoms with Gasteiger partial charge in [-0.1, -0.05) is 4.99 Å². The minimum atomic E-state index is 0.545. The second-order valence-electron chi connectivity index (χ2n) is 1.02. The number of rotatable bonds is 0. The van der Waals surface area contributed by atoms with Crippen molar-refractivity contribution < 1.29 is 4.74 Å². The summed E-state index contributed by atoms with van der Waals surface area (Å²) in [5.41, 5.74) is 0. The van der Waals surface area contributed by atoms with Gasteiger partial charge in [-0.3, -0.25) is 0 Å². The van der Waals surface area contributed by atoms with Crippen LogP contribution in [0.2, 0.25) is 0 Å². The minimum Gasteiger partial charge on any atom is -0.711 e. The van der Waals surface area contributed by atoms with E-state index in [0.717, 1.165) is 0 Å². The van der Waals surface area contributed by atoms with Crippen molar-refractivity contribution in [3.63, 3.8) is 0 Å². The van der Waals surface area contributed by atoms with E-state index < -0.39 is 0 Å². The Balaban J connectivity index is 2.68. The fourth-order valence-corrected chi connectivity index (χ4v) is 0.302. The maximum atomic E-state index is 9.95. The van der Waals surface area contributed by atoms with Gasteiger partial charge in [0.1, 0.15) is 6.21 Å². The van der Waals surface area contributed by atoms with Crippen molar-refractivity contribution in [2.45, 2.75) is 0 Å². The third-order valence-corrected chi connectivity index (χ3v) is 0.562. The highest BCUT2D eigenvalue weighted by molar-refractivity contribution is 5.67. The Kier molecular flexibility index (Phi) is 0.602. The van der Waals surface area contributed by atoms with E-state index in [1.165, 1.54) is 12.6 Å². The number of nitrogens with zero attached hydrogens (tertiary/aromatic N) is 2. The van der Waals surface area contributed by atoms with Gasteiger partial charge < -0.3 is 5.21 Å². The van der Waals surface area contributed by atoms with Crippen molar-refractivity contribution in [3.8, 4) is 0 Å². The van der Waals surface area contributed by atoms with Crippen LogP contribution in [0.5, 0.6) is 0 Å². The van der Waals surface area contributed by atoms with Crippen LogP contribution in [0.1, 0.15) is 0 Å². The average molecular weight is 84.1 g/mol. The minimum absolute atomic E-state index is 0.545. The number of hydrogen-bond donors (Lipinski definition) is 0. The lowest BCUT2D eigenvalue weighted by Gasteiger charge is -1.89. The first-order valence-corrected chi connectivity index (χ1v) is 1.68. The third-order valence-electron chi connectivity index (χ3n) is 0.562. The predicted molar refractivity (Wildman–Crippen MR) is 23.1 cm³/mol. The molecule has 3 heteroatoms. The Labute approximate surface area is 35.2 Å². The standard InChI is InChI=1S/C3H4N2O/c6-5-2-1-4-3-5/h2-3H,1H2. The first kappa shape index (κ1) is 3.33. The molecule has 6 heavy (non-hydrogen) atoms. The molecule has 0 bridgehead atoms. The fraction of sp³-hybridized carbons (Fsp3) is 0.333. The van der Waals surface area contributed by atoms with Gasteiger partial charge in [-0.05, 0) is 0 Å². The molecule has 0 saturated heterocycles.